The van der Waals surface area contributed by atoms with E-state index in [0.29, 0.717) is 28.2 Å². The Labute approximate surface area is 156 Å². The summed E-state index contributed by atoms with van der Waals surface area (Å²) in [6, 6.07) is 22.9. The van der Waals surface area contributed by atoms with E-state index in [9.17, 15) is 9.59 Å². The van der Waals surface area contributed by atoms with E-state index < -0.39 is 0 Å². The Bertz CT molecular complexity index is 1030. The SMILES string of the molecule is N#Cc1ccc(Oc2ccc(CN3C(=O)c4ccccc4C3=O)cc2)cc1. The van der Waals surface area contributed by atoms with Crippen molar-refractivity contribution in [3.05, 3.63) is 95.1 Å². The number of rotatable bonds is 4. The summed E-state index contributed by atoms with van der Waals surface area (Å²) in [6.45, 7) is 0.212. The summed E-state index contributed by atoms with van der Waals surface area (Å²) < 4.78 is 5.74. The third-order valence-electron chi connectivity index (χ3n) is 4.36. The largest absolute Gasteiger partial charge is 0.457 e. The molecule has 3 aromatic rings. The van der Waals surface area contributed by atoms with Gasteiger partial charge in [-0.1, -0.05) is 24.3 Å². The molecule has 0 fully saturated rings. The fourth-order valence-corrected chi connectivity index (χ4v) is 2.96. The number of nitriles is 1. The van der Waals surface area contributed by atoms with Gasteiger partial charge in [-0.25, -0.2) is 0 Å². The molecule has 1 heterocycles. The molecule has 0 aromatic heterocycles. The second-order valence-electron chi connectivity index (χ2n) is 6.12. The third kappa shape index (κ3) is 3.16. The average Bonchev–Trinajstić information content (AvgIpc) is 2.95. The van der Waals surface area contributed by atoms with Crippen LogP contribution in [0.25, 0.3) is 0 Å². The van der Waals surface area contributed by atoms with Crippen molar-refractivity contribution in [3.8, 4) is 17.6 Å². The van der Waals surface area contributed by atoms with Gasteiger partial charge in [-0.05, 0) is 54.1 Å². The van der Waals surface area contributed by atoms with Crippen molar-refractivity contribution in [2.45, 2.75) is 6.54 Å². The lowest BCUT2D eigenvalue weighted by molar-refractivity contribution is 0.0642. The van der Waals surface area contributed by atoms with Crippen molar-refractivity contribution < 1.29 is 14.3 Å². The first kappa shape index (κ1) is 16.6. The van der Waals surface area contributed by atoms with E-state index in [1.165, 1.54) is 4.90 Å². The van der Waals surface area contributed by atoms with E-state index in [-0.39, 0.29) is 18.4 Å². The molecule has 1 aliphatic heterocycles. The molecule has 0 saturated carbocycles. The maximum Gasteiger partial charge on any atom is 0.261 e. The van der Waals surface area contributed by atoms with E-state index in [1.54, 1.807) is 60.7 Å². The molecule has 0 saturated heterocycles. The zero-order chi connectivity index (χ0) is 18.8. The van der Waals surface area contributed by atoms with Gasteiger partial charge in [0.2, 0.25) is 0 Å². The van der Waals surface area contributed by atoms with Crippen LogP contribution < -0.4 is 4.74 Å². The van der Waals surface area contributed by atoms with Crippen molar-refractivity contribution in [2.24, 2.45) is 0 Å². The van der Waals surface area contributed by atoms with Crippen molar-refractivity contribution >= 4 is 11.8 Å². The Hall–Kier alpha value is -3.91. The molecule has 0 N–H and O–H groups in total. The lowest BCUT2D eigenvalue weighted by atomic mass is 10.1. The molecule has 5 heteroatoms. The fourth-order valence-electron chi connectivity index (χ4n) is 2.96. The van der Waals surface area contributed by atoms with Crippen LogP contribution in [0.15, 0.2) is 72.8 Å². The first-order valence-electron chi connectivity index (χ1n) is 8.38. The first-order chi connectivity index (χ1) is 13.2. The van der Waals surface area contributed by atoms with Gasteiger partial charge in [-0.2, -0.15) is 5.26 Å². The molecule has 130 valence electrons. The van der Waals surface area contributed by atoms with E-state index in [1.807, 2.05) is 12.1 Å². The summed E-state index contributed by atoms with van der Waals surface area (Å²) in [4.78, 5) is 26.1. The quantitative estimate of drug-likeness (QED) is 0.660. The molecular weight excluding hydrogens is 340 g/mol. The van der Waals surface area contributed by atoms with Crippen LogP contribution in [-0.2, 0) is 6.54 Å². The molecule has 5 nitrogen and oxygen atoms in total. The van der Waals surface area contributed by atoms with E-state index in [4.69, 9.17) is 10.00 Å². The van der Waals surface area contributed by atoms with Gasteiger partial charge >= 0.3 is 0 Å². The van der Waals surface area contributed by atoms with Crippen molar-refractivity contribution in [1.82, 2.24) is 4.90 Å². The van der Waals surface area contributed by atoms with Gasteiger partial charge < -0.3 is 4.74 Å². The summed E-state index contributed by atoms with van der Waals surface area (Å²) >= 11 is 0. The number of imide groups is 1. The van der Waals surface area contributed by atoms with E-state index >= 15 is 0 Å². The molecule has 0 unspecified atom stereocenters. The molecule has 0 radical (unpaired) electrons. The van der Waals surface area contributed by atoms with E-state index in [2.05, 4.69) is 6.07 Å². The molecule has 0 spiro atoms. The fraction of sp³-hybridized carbons (Fsp3) is 0.0455. The number of carbonyl (C=O) groups is 2. The number of fused-ring (bicyclic) bond motifs is 1. The van der Waals surface area contributed by atoms with Gasteiger partial charge in [0.25, 0.3) is 11.8 Å². The van der Waals surface area contributed by atoms with Gasteiger partial charge in [0.1, 0.15) is 11.5 Å². The lowest BCUT2D eigenvalue weighted by Crippen LogP contribution is -2.29. The Balaban J connectivity index is 1.46. The summed E-state index contributed by atoms with van der Waals surface area (Å²) in [5.74, 6) is 0.718. The van der Waals surface area contributed by atoms with Gasteiger partial charge in [0.15, 0.2) is 0 Å². The minimum absolute atomic E-state index is 0.212. The molecule has 2 amide bonds. The number of hydrogen-bond donors (Lipinski definition) is 0. The highest BCUT2D eigenvalue weighted by Gasteiger charge is 2.34. The smallest absolute Gasteiger partial charge is 0.261 e. The molecular formula is C22H14N2O3. The van der Waals surface area contributed by atoms with Crippen molar-refractivity contribution in [1.29, 1.82) is 5.26 Å². The van der Waals surface area contributed by atoms with Crippen LogP contribution in [-0.4, -0.2) is 16.7 Å². The van der Waals surface area contributed by atoms with Crippen LogP contribution in [0.5, 0.6) is 11.5 Å². The molecule has 0 aliphatic carbocycles. The normalized spacial score (nSPS) is 12.6. The van der Waals surface area contributed by atoms with Crippen LogP contribution in [0.4, 0.5) is 0 Å². The van der Waals surface area contributed by atoms with Crippen molar-refractivity contribution in [2.75, 3.05) is 0 Å². The molecule has 1 aliphatic rings. The average molecular weight is 354 g/mol. The van der Waals surface area contributed by atoms with Gasteiger partial charge in [0, 0.05) is 0 Å². The number of nitrogens with zero attached hydrogens (tertiary/aromatic N) is 2. The van der Waals surface area contributed by atoms with Gasteiger partial charge in [-0.15, -0.1) is 0 Å². The molecule has 4 rings (SSSR count). The lowest BCUT2D eigenvalue weighted by Gasteiger charge is -2.14. The molecule has 3 aromatic carbocycles. The second-order valence-corrected chi connectivity index (χ2v) is 6.12. The summed E-state index contributed by atoms with van der Waals surface area (Å²) in [5, 5.41) is 8.82. The van der Waals surface area contributed by atoms with Crippen LogP contribution in [0.1, 0.15) is 31.8 Å². The highest BCUT2D eigenvalue weighted by Crippen LogP contribution is 2.26. The van der Waals surface area contributed by atoms with Gasteiger partial charge in [-0.3, -0.25) is 14.5 Å². The van der Waals surface area contributed by atoms with Gasteiger partial charge in [0.05, 0.1) is 29.3 Å². The van der Waals surface area contributed by atoms with E-state index in [0.717, 1.165) is 5.56 Å². The standard InChI is InChI=1S/C22H14N2O3/c23-13-15-5-9-17(10-6-15)27-18-11-7-16(8-12-18)14-24-21(25)19-3-1-2-4-20(19)22(24)26/h1-12H,14H2. The topological polar surface area (TPSA) is 70.4 Å². The number of carbonyl (C=O) groups excluding carboxylic acids is 2. The number of amides is 2. The zero-order valence-electron chi connectivity index (χ0n) is 14.3. The molecule has 27 heavy (non-hydrogen) atoms. The minimum Gasteiger partial charge on any atom is -0.457 e. The maximum atomic E-state index is 12.4. The van der Waals surface area contributed by atoms with Crippen LogP contribution in [0.2, 0.25) is 0 Å². The zero-order valence-corrected chi connectivity index (χ0v) is 14.3. The maximum absolute atomic E-state index is 12.4. The predicted molar refractivity (Wildman–Crippen MR) is 98.3 cm³/mol. The highest BCUT2D eigenvalue weighted by atomic mass is 16.5. The molecule has 0 atom stereocenters. The Morgan fingerprint density at radius 2 is 1.30 bits per heavy atom. The number of hydrogen-bond acceptors (Lipinski definition) is 4. The molecule has 0 bridgehead atoms. The monoisotopic (exact) mass is 354 g/mol. The Morgan fingerprint density at radius 3 is 1.81 bits per heavy atom. The Kier molecular flexibility index (Phi) is 4.15. The summed E-state index contributed by atoms with van der Waals surface area (Å²) in [5.41, 5.74) is 2.29. The first-order valence-corrected chi connectivity index (χ1v) is 8.38. The summed E-state index contributed by atoms with van der Waals surface area (Å²) in [6.07, 6.45) is 0. The predicted octanol–water partition coefficient (Wildman–Crippen LogP) is 4.15. The minimum atomic E-state index is -0.270. The second kappa shape index (κ2) is 6.77. The van der Waals surface area contributed by atoms with Crippen LogP contribution in [0.3, 0.4) is 0 Å². The highest BCUT2D eigenvalue weighted by molar-refractivity contribution is 6.21. The number of ether oxygens (including phenoxy) is 1. The Morgan fingerprint density at radius 1 is 0.778 bits per heavy atom. The third-order valence-corrected chi connectivity index (χ3v) is 4.36. The summed E-state index contributed by atoms with van der Waals surface area (Å²) in [7, 11) is 0. The van der Waals surface area contributed by atoms with Crippen LogP contribution in [0, 0.1) is 11.3 Å². The van der Waals surface area contributed by atoms with Crippen LogP contribution >= 0.6 is 0 Å². The van der Waals surface area contributed by atoms with Crippen molar-refractivity contribution in [3.63, 3.8) is 0 Å². The number of benzene rings is 3.